The van der Waals surface area contributed by atoms with Crippen LogP contribution in [0, 0.1) is 0 Å². The van der Waals surface area contributed by atoms with E-state index in [-0.39, 0.29) is 6.04 Å². The first-order valence-electron chi connectivity index (χ1n) is 5.36. The molecule has 0 aliphatic rings. The highest BCUT2D eigenvalue weighted by atomic mass is 79.9. The Bertz CT molecular complexity index is 493. The molecule has 1 unspecified atom stereocenters. The van der Waals surface area contributed by atoms with Gasteiger partial charge in [-0.2, -0.15) is 5.10 Å². The summed E-state index contributed by atoms with van der Waals surface area (Å²) >= 11 is 4.90. The van der Waals surface area contributed by atoms with E-state index in [2.05, 4.69) is 37.5 Å². The van der Waals surface area contributed by atoms with E-state index in [1.807, 2.05) is 17.1 Å². The molecule has 0 fully saturated rings. The van der Waals surface area contributed by atoms with Gasteiger partial charge in [0.15, 0.2) is 0 Å². The molecule has 0 aromatic carbocycles. The first-order chi connectivity index (χ1) is 8.13. The molecule has 0 bridgehead atoms. The summed E-state index contributed by atoms with van der Waals surface area (Å²) in [4.78, 5) is 0. The van der Waals surface area contributed by atoms with Gasteiger partial charge in [0, 0.05) is 18.8 Å². The van der Waals surface area contributed by atoms with Crippen LogP contribution in [0.1, 0.15) is 30.0 Å². The average Bonchev–Trinajstić information content (AvgIpc) is 2.92. The predicted molar refractivity (Wildman–Crippen MR) is 70.8 cm³/mol. The van der Waals surface area contributed by atoms with E-state index >= 15 is 0 Å². The van der Waals surface area contributed by atoms with Crippen molar-refractivity contribution in [1.29, 1.82) is 0 Å². The fourth-order valence-electron chi connectivity index (χ4n) is 1.69. The van der Waals surface area contributed by atoms with Crippen molar-refractivity contribution in [3.05, 3.63) is 26.9 Å². The average molecular weight is 316 g/mol. The number of aromatic nitrogens is 4. The second kappa shape index (κ2) is 5.24. The molecular formula is C10H14BrN5S. The van der Waals surface area contributed by atoms with E-state index in [1.165, 1.54) is 11.5 Å². The Morgan fingerprint density at radius 2 is 2.35 bits per heavy atom. The smallest absolute Gasteiger partial charge is 0.0926 e. The van der Waals surface area contributed by atoms with Crippen molar-refractivity contribution in [3.8, 4) is 0 Å². The minimum Gasteiger partial charge on any atom is -0.322 e. The van der Waals surface area contributed by atoms with E-state index in [1.54, 1.807) is 0 Å². The first kappa shape index (κ1) is 12.7. The molecule has 0 spiro atoms. The van der Waals surface area contributed by atoms with Gasteiger partial charge in [0.1, 0.15) is 0 Å². The molecule has 2 aromatic rings. The van der Waals surface area contributed by atoms with E-state index in [9.17, 15) is 0 Å². The van der Waals surface area contributed by atoms with Gasteiger partial charge in [-0.05, 0) is 33.9 Å². The summed E-state index contributed by atoms with van der Waals surface area (Å²) in [6.45, 7) is 2.08. The van der Waals surface area contributed by atoms with Crippen molar-refractivity contribution in [1.82, 2.24) is 19.4 Å². The number of nitrogens with zero attached hydrogens (tertiary/aromatic N) is 4. The third-order valence-electron chi connectivity index (χ3n) is 2.67. The van der Waals surface area contributed by atoms with Gasteiger partial charge < -0.3 is 5.73 Å². The predicted octanol–water partition coefficient (Wildman–Crippen LogP) is 1.84. The molecule has 0 radical (unpaired) electrons. The fourth-order valence-corrected chi connectivity index (χ4v) is 2.98. The molecule has 0 aliphatic heterocycles. The van der Waals surface area contributed by atoms with Gasteiger partial charge in [-0.25, -0.2) is 0 Å². The van der Waals surface area contributed by atoms with Crippen LogP contribution in [0.25, 0.3) is 0 Å². The summed E-state index contributed by atoms with van der Waals surface area (Å²) in [5, 5.41) is 10.3. The summed E-state index contributed by atoms with van der Waals surface area (Å²) in [6.07, 6.45) is 1.61. The summed E-state index contributed by atoms with van der Waals surface area (Å²) in [5.74, 6) is 0. The maximum absolute atomic E-state index is 6.10. The van der Waals surface area contributed by atoms with Crippen molar-refractivity contribution in [2.75, 3.05) is 0 Å². The highest BCUT2D eigenvalue weighted by molar-refractivity contribution is 9.10. The summed E-state index contributed by atoms with van der Waals surface area (Å²) in [5.41, 5.74) is 9.10. The quantitative estimate of drug-likeness (QED) is 0.934. The summed E-state index contributed by atoms with van der Waals surface area (Å²) < 4.78 is 6.76. The second-order valence-corrected chi connectivity index (χ2v) is 5.23. The van der Waals surface area contributed by atoms with Crippen molar-refractivity contribution in [2.24, 2.45) is 12.8 Å². The van der Waals surface area contributed by atoms with Crippen molar-refractivity contribution in [3.63, 3.8) is 0 Å². The molecule has 7 heteroatoms. The van der Waals surface area contributed by atoms with E-state index < -0.39 is 0 Å². The zero-order valence-corrected chi connectivity index (χ0v) is 12.1. The van der Waals surface area contributed by atoms with Crippen molar-refractivity contribution in [2.45, 2.75) is 25.8 Å². The molecule has 0 saturated carbocycles. The molecular weight excluding hydrogens is 302 g/mol. The SMILES string of the molecule is CCc1nn(C)c(CC(N)c2csnn2)c1Br. The van der Waals surface area contributed by atoms with E-state index in [0.717, 1.165) is 28.0 Å². The molecule has 5 nitrogen and oxygen atoms in total. The monoisotopic (exact) mass is 315 g/mol. The van der Waals surface area contributed by atoms with E-state index in [0.29, 0.717) is 6.42 Å². The highest BCUT2D eigenvalue weighted by Crippen LogP contribution is 2.25. The maximum Gasteiger partial charge on any atom is 0.0926 e. The van der Waals surface area contributed by atoms with E-state index in [4.69, 9.17) is 5.73 Å². The lowest BCUT2D eigenvalue weighted by atomic mass is 10.1. The lowest BCUT2D eigenvalue weighted by Gasteiger charge is -2.08. The number of hydrogen-bond donors (Lipinski definition) is 1. The van der Waals surface area contributed by atoms with Crippen LogP contribution in [0.3, 0.4) is 0 Å². The van der Waals surface area contributed by atoms with Crippen LogP contribution in [-0.4, -0.2) is 19.4 Å². The van der Waals surface area contributed by atoms with Gasteiger partial charge in [-0.1, -0.05) is 11.4 Å². The summed E-state index contributed by atoms with van der Waals surface area (Å²) in [6, 6.07) is -0.134. The normalized spacial score (nSPS) is 12.9. The molecule has 2 N–H and O–H groups in total. The van der Waals surface area contributed by atoms with Crippen LogP contribution >= 0.6 is 27.5 Å². The van der Waals surface area contributed by atoms with Gasteiger partial charge in [-0.3, -0.25) is 4.68 Å². The van der Waals surface area contributed by atoms with Gasteiger partial charge in [0.2, 0.25) is 0 Å². The Morgan fingerprint density at radius 1 is 1.59 bits per heavy atom. The Morgan fingerprint density at radius 3 is 2.88 bits per heavy atom. The lowest BCUT2D eigenvalue weighted by Crippen LogP contribution is -2.16. The highest BCUT2D eigenvalue weighted by Gasteiger charge is 2.17. The van der Waals surface area contributed by atoms with Crippen LogP contribution in [0.4, 0.5) is 0 Å². The molecule has 2 rings (SSSR count). The number of aryl methyl sites for hydroxylation is 2. The van der Waals surface area contributed by atoms with Gasteiger partial charge in [-0.15, -0.1) is 5.10 Å². The van der Waals surface area contributed by atoms with Gasteiger partial charge in [0.05, 0.1) is 27.6 Å². The third kappa shape index (κ3) is 2.56. The molecule has 92 valence electrons. The number of rotatable bonds is 4. The van der Waals surface area contributed by atoms with Crippen LogP contribution in [0.15, 0.2) is 9.85 Å². The van der Waals surface area contributed by atoms with Gasteiger partial charge in [0.25, 0.3) is 0 Å². The molecule has 0 aliphatic carbocycles. The molecule has 2 aromatic heterocycles. The Kier molecular flexibility index (Phi) is 3.90. The zero-order valence-electron chi connectivity index (χ0n) is 9.72. The summed E-state index contributed by atoms with van der Waals surface area (Å²) in [7, 11) is 1.94. The topological polar surface area (TPSA) is 69.6 Å². The minimum absolute atomic E-state index is 0.134. The molecule has 0 saturated heterocycles. The Labute approximate surface area is 112 Å². The fraction of sp³-hybridized carbons (Fsp3) is 0.500. The van der Waals surface area contributed by atoms with Crippen molar-refractivity contribution >= 4 is 27.5 Å². The number of halogens is 1. The van der Waals surface area contributed by atoms with Crippen molar-refractivity contribution < 1.29 is 0 Å². The molecule has 2 heterocycles. The van der Waals surface area contributed by atoms with Crippen LogP contribution in [0.2, 0.25) is 0 Å². The standard InChI is InChI=1S/C10H14BrN5S/c1-3-7-10(11)9(16(2)14-7)4-6(12)8-5-17-15-13-8/h5-6H,3-4,12H2,1-2H3. The second-order valence-electron chi connectivity index (χ2n) is 3.82. The third-order valence-corrected chi connectivity index (χ3v) is 4.11. The van der Waals surface area contributed by atoms with Crippen LogP contribution < -0.4 is 5.73 Å². The largest absolute Gasteiger partial charge is 0.322 e. The molecule has 0 amide bonds. The first-order valence-corrected chi connectivity index (χ1v) is 6.99. The lowest BCUT2D eigenvalue weighted by molar-refractivity contribution is 0.624. The number of nitrogens with two attached hydrogens (primary N) is 1. The van der Waals surface area contributed by atoms with Crippen LogP contribution in [0.5, 0.6) is 0 Å². The molecule has 1 atom stereocenters. The minimum atomic E-state index is -0.134. The van der Waals surface area contributed by atoms with Crippen LogP contribution in [-0.2, 0) is 19.9 Å². The maximum atomic E-state index is 6.10. The molecule has 17 heavy (non-hydrogen) atoms. The van der Waals surface area contributed by atoms with Gasteiger partial charge >= 0.3 is 0 Å². The zero-order chi connectivity index (χ0) is 12.4. The Hall–Kier alpha value is -0.790. The Balaban J connectivity index is 2.21. The number of hydrogen-bond acceptors (Lipinski definition) is 5.